The van der Waals surface area contributed by atoms with Crippen molar-refractivity contribution in [2.75, 3.05) is 39.8 Å². The minimum Gasteiger partial charge on any atom is -0.352 e. The number of piperazine rings is 1. The van der Waals surface area contributed by atoms with Crippen LogP contribution in [0.25, 0.3) is 0 Å². The molecule has 1 aliphatic heterocycles. The number of carbonyl (C=O) groups is 2. The summed E-state index contributed by atoms with van der Waals surface area (Å²) in [5, 5.41) is 3.07. The van der Waals surface area contributed by atoms with Gasteiger partial charge in [-0.25, -0.2) is 0 Å². The van der Waals surface area contributed by atoms with E-state index < -0.39 is 0 Å². The summed E-state index contributed by atoms with van der Waals surface area (Å²) in [4.78, 5) is 30.4. The molecule has 126 valence electrons. The van der Waals surface area contributed by atoms with Gasteiger partial charge < -0.3 is 10.2 Å². The van der Waals surface area contributed by atoms with Crippen molar-refractivity contribution >= 4 is 11.8 Å². The number of amides is 2. The number of nitrogens with zero attached hydrogens (tertiary/aromatic N) is 3. The molecule has 0 aromatic heterocycles. The predicted molar refractivity (Wildman–Crippen MR) is 86.5 cm³/mol. The fourth-order valence-electron chi connectivity index (χ4n) is 2.61. The van der Waals surface area contributed by atoms with E-state index in [1.54, 1.807) is 4.90 Å². The van der Waals surface area contributed by atoms with E-state index in [2.05, 4.69) is 15.1 Å². The summed E-state index contributed by atoms with van der Waals surface area (Å²) in [6.45, 7) is 9.88. The molecule has 22 heavy (non-hydrogen) atoms. The van der Waals surface area contributed by atoms with Crippen molar-refractivity contribution in [3.05, 3.63) is 0 Å². The van der Waals surface area contributed by atoms with Crippen molar-refractivity contribution in [3.63, 3.8) is 0 Å². The van der Waals surface area contributed by atoms with Crippen LogP contribution in [0.15, 0.2) is 0 Å². The Morgan fingerprint density at radius 1 is 1.14 bits per heavy atom. The van der Waals surface area contributed by atoms with Crippen molar-refractivity contribution in [3.8, 4) is 0 Å². The van der Waals surface area contributed by atoms with Gasteiger partial charge in [0.2, 0.25) is 11.8 Å². The summed E-state index contributed by atoms with van der Waals surface area (Å²) >= 11 is 0. The molecule has 2 fully saturated rings. The molecule has 6 heteroatoms. The van der Waals surface area contributed by atoms with Gasteiger partial charge in [-0.2, -0.15) is 0 Å². The van der Waals surface area contributed by atoms with Gasteiger partial charge in [0.25, 0.3) is 0 Å². The Balaban J connectivity index is 1.72. The monoisotopic (exact) mass is 310 g/mol. The largest absolute Gasteiger partial charge is 0.352 e. The average molecular weight is 310 g/mol. The molecule has 2 rings (SSSR count). The second-order valence-corrected chi connectivity index (χ2v) is 6.87. The predicted octanol–water partition coefficient (Wildman–Crippen LogP) is 0.138. The summed E-state index contributed by atoms with van der Waals surface area (Å²) in [5.41, 5.74) is 0. The van der Waals surface area contributed by atoms with Crippen LogP contribution in [0.2, 0.25) is 0 Å². The van der Waals surface area contributed by atoms with Crippen LogP contribution in [0.4, 0.5) is 0 Å². The highest BCUT2D eigenvalue weighted by Gasteiger charge is 2.30. The fraction of sp³-hybridized carbons (Fsp3) is 0.875. The SMILES string of the molecule is CC(C(=O)NC1CC1)N1CCN(CC(=O)N(C)C(C)C)CC1. The van der Waals surface area contributed by atoms with Gasteiger partial charge >= 0.3 is 0 Å². The standard InChI is InChI=1S/C16H30N4O2/c1-12(2)18(4)15(21)11-19-7-9-20(10-8-19)13(3)16(22)17-14-5-6-14/h12-14H,5-11H2,1-4H3,(H,17,22). The molecule has 1 unspecified atom stereocenters. The van der Waals surface area contributed by atoms with Crippen molar-refractivity contribution in [2.45, 2.75) is 51.7 Å². The Morgan fingerprint density at radius 3 is 2.23 bits per heavy atom. The van der Waals surface area contributed by atoms with Crippen LogP contribution in [0.5, 0.6) is 0 Å². The molecule has 1 saturated carbocycles. The summed E-state index contributed by atoms with van der Waals surface area (Å²) in [7, 11) is 1.85. The van der Waals surface area contributed by atoms with Crippen molar-refractivity contribution in [2.24, 2.45) is 0 Å². The average Bonchev–Trinajstić information content (AvgIpc) is 3.30. The zero-order valence-electron chi connectivity index (χ0n) is 14.3. The van der Waals surface area contributed by atoms with Crippen LogP contribution in [0.3, 0.4) is 0 Å². The van der Waals surface area contributed by atoms with Crippen LogP contribution < -0.4 is 5.32 Å². The first-order valence-electron chi connectivity index (χ1n) is 8.41. The molecule has 2 aliphatic rings. The molecule has 0 spiro atoms. The molecule has 1 atom stereocenters. The van der Waals surface area contributed by atoms with Crippen molar-refractivity contribution in [1.82, 2.24) is 20.0 Å². The van der Waals surface area contributed by atoms with Crippen molar-refractivity contribution < 1.29 is 9.59 Å². The zero-order chi connectivity index (χ0) is 16.3. The maximum Gasteiger partial charge on any atom is 0.237 e. The van der Waals surface area contributed by atoms with Gasteiger partial charge in [-0.3, -0.25) is 19.4 Å². The van der Waals surface area contributed by atoms with Crippen LogP contribution in [0, 0.1) is 0 Å². The van der Waals surface area contributed by atoms with Gasteiger partial charge in [0.05, 0.1) is 12.6 Å². The smallest absolute Gasteiger partial charge is 0.237 e. The second kappa shape index (κ2) is 7.42. The fourth-order valence-corrected chi connectivity index (χ4v) is 2.61. The minimum absolute atomic E-state index is 0.0724. The van der Waals surface area contributed by atoms with Crippen LogP contribution in [-0.4, -0.2) is 84.4 Å². The maximum atomic E-state index is 12.1. The molecular weight excluding hydrogens is 280 g/mol. The van der Waals surface area contributed by atoms with E-state index in [4.69, 9.17) is 0 Å². The van der Waals surface area contributed by atoms with Crippen LogP contribution >= 0.6 is 0 Å². The Morgan fingerprint density at radius 2 is 1.73 bits per heavy atom. The molecule has 0 radical (unpaired) electrons. The number of carbonyl (C=O) groups excluding carboxylic acids is 2. The summed E-state index contributed by atoms with van der Waals surface area (Å²) in [6.07, 6.45) is 2.25. The number of hydrogen-bond acceptors (Lipinski definition) is 4. The van der Waals surface area contributed by atoms with Crippen LogP contribution in [-0.2, 0) is 9.59 Å². The van der Waals surface area contributed by atoms with E-state index in [0.29, 0.717) is 12.6 Å². The Hall–Kier alpha value is -1.14. The second-order valence-electron chi connectivity index (χ2n) is 6.87. The van der Waals surface area contributed by atoms with E-state index in [9.17, 15) is 9.59 Å². The van der Waals surface area contributed by atoms with E-state index in [1.165, 1.54) is 0 Å². The number of likely N-dealkylation sites (N-methyl/N-ethyl adjacent to an activating group) is 1. The van der Waals surface area contributed by atoms with E-state index in [-0.39, 0.29) is 23.9 Å². The molecule has 0 aromatic rings. The highest BCUT2D eigenvalue weighted by molar-refractivity contribution is 5.82. The van der Waals surface area contributed by atoms with Gasteiger partial charge in [-0.05, 0) is 33.6 Å². The van der Waals surface area contributed by atoms with E-state index in [1.807, 2.05) is 27.8 Å². The Kier molecular flexibility index (Phi) is 5.81. The lowest BCUT2D eigenvalue weighted by atomic mass is 10.2. The highest BCUT2D eigenvalue weighted by atomic mass is 16.2. The molecule has 1 saturated heterocycles. The molecule has 1 N–H and O–H groups in total. The Bertz CT molecular complexity index is 401. The third kappa shape index (κ3) is 4.68. The van der Waals surface area contributed by atoms with E-state index >= 15 is 0 Å². The van der Waals surface area contributed by atoms with Crippen LogP contribution in [0.1, 0.15) is 33.6 Å². The van der Waals surface area contributed by atoms with Gasteiger partial charge in [0.1, 0.15) is 0 Å². The third-order valence-corrected chi connectivity index (χ3v) is 4.78. The van der Waals surface area contributed by atoms with Gasteiger partial charge in [0, 0.05) is 45.3 Å². The molecular formula is C16H30N4O2. The molecule has 6 nitrogen and oxygen atoms in total. The summed E-state index contributed by atoms with van der Waals surface area (Å²) in [5.74, 6) is 0.314. The van der Waals surface area contributed by atoms with Gasteiger partial charge in [0.15, 0.2) is 0 Å². The molecule has 1 aliphatic carbocycles. The minimum atomic E-state index is -0.0724. The topological polar surface area (TPSA) is 55.9 Å². The molecule has 1 heterocycles. The first kappa shape index (κ1) is 17.2. The maximum absolute atomic E-state index is 12.1. The summed E-state index contributed by atoms with van der Waals surface area (Å²) < 4.78 is 0. The first-order valence-corrected chi connectivity index (χ1v) is 8.41. The lowest BCUT2D eigenvalue weighted by Crippen LogP contribution is -2.55. The third-order valence-electron chi connectivity index (χ3n) is 4.78. The lowest BCUT2D eigenvalue weighted by molar-refractivity contribution is -0.134. The first-order chi connectivity index (χ1) is 10.4. The zero-order valence-corrected chi connectivity index (χ0v) is 14.3. The normalized spacial score (nSPS) is 21.7. The lowest BCUT2D eigenvalue weighted by Gasteiger charge is -2.37. The molecule has 0 bridgehead atoms. The molecule has 0 aromatic carbocycles. The number of rotatable bonds is 6. The molecule has 2 amide bonds. The van der Waals surface area contributed by atoms with Crippen molar-refractivity contribution in [1.29, 1.82) is 0 Å². The number of hydrogen-bond donors (Lipinski definition) is 1. The Labute approximate surface area is 133 Å². The quantitative estimate of drug-likeness (QED) is 0.758. The van der Waals surface area contributed by atoms with Gasteiger partial charge in [-0.1, -0.05) is 0 Å². The number of nitrogens with one attached hydrogen (secondary N) is 1. The highest BCUT2D eigenvalue weighted by Crippen LogP contribution is 2.19. The van der Waals surface area contributed by atoms with E-state index in [0.717, 1.165) is 39.0 Å². The van der Waals surface area contributed by atoms with Gasteiger partial charge in [-0.15, -0.1) is 0 Å². The summed E-state index contributed by atoms with van der Waals surface area (Å²) in [6, 6.07) is 0.581.